The summed E-state index contributed by atoms with van der Waals surface area (Å²) in [6.07, 6.45) is 5.00. The highest BCUT2D eigenvalue weighted by Gasteiger charge is 2.14. The van der Waals surface area contributed by atoms with Crippen molar-refractivity contribution in [3.63, 3.8) is 0 Å². The summed E-state index contributed by atoms with van der Waals surface area (Å²) >= 11 is 0. The van der Waals surface area contributed by atoms with Gasteiger partial charge in [-0.2, -0.15) is 0 Å². The van der Waals surface area contributed by atoms with E-state index in [0.717, 1.165) is 43.3 Å². The van der Waals surface area contributed by atoms with Crippen molar-refractivity contribution in [3.8, 4) is 11.3 Å². The SMILES string of the molecule is CN/C=C\C(=N)Nc1cc(-c2cc(N)cc(N3CCNCC3)n2)ccn1. The number of hydrogen-bond acceptors (Lipinski definition) is 7. The fourth-order valence-corrected chi connectivity index (χ4v) is 2.74. The molecular formula is C18H24N8. The molecule has 3 heterocycles. The molecule has 3 rings (SSSR count). The number of nitrogens with two attached hydrogens (primary N) is 1. The molecule has 0 saturated carbocycles. The van der Waals surface area contributed by atoms with Gasteiger partial charge in [0.2, 0.25) is 0 Å². The topological polar surface area (TPSA) is 115 Å². The van der Waals surface area contributed by atoms with Gasteiger partial charge >= 0.3 is 0 Å². The van der Waals surface area contributed by atoms with E-state index in [9.17, 15) is 0 Å². The molecule has 0 unspecified atom stereocenters. The molecule has 0 bridgehead atoms. The Hall–Kier alpha value is -3.13. The van der Waals surface area contributed by atoms with Crippen molar-refractivity contribution < 1.29 is 0 Å². The average molecular weight is 352 g/mol. The van der Waals surface area contributed by atoms with Crippen molar-refractivity contribution in [2.45, 2.75) is 0 Å². The van der Waals surface area contributed by atoms with Gasteiger partial charge in [-0.25, -0.2) is 9.97 Å². The average Bonchev–Trinajstić information content (AvgIpc) is 2.67. The van der Waals surface area contributed by atoms with Crippen LogP contribution in [0.3, 0.4) is 0 Å². The highest BCUT2D eigenvalue weighted by atomic mass is 15.2. The van der Waals surface area contributed by atoms with E-state index >= 15 is 0 Å². The molecule has 1 aliphatic heterocycles. The van der Waals surface area contributed by atoms with Crippen LogP contribution in [0.2, 0.25) is 0 Å². The van der Waals surface area contributed by atoms with E-state index in [2.05, 4.69) is 25.8 Å². The van der Waals surface area contributed by atoms with Crippen LogP contribution in [0.25, 0.3) is 11.3 Å². The third-order valence-electron chi connectivity index (χ3n) is 4.01. The Labute approximate surface area is 153 Å². The van der Waals surface area contributed by atoms with E-state index < -0.39 is 0 Å². The molecule has 0 amide bonds. The van der Waals surface area contributed by atoms with Crippen molar-refractivity contribution >= 4 is 23.2 Å². The molecule has 0 spiro atoms. The Morgan fingerprint density at radius 3 is 2.88 bits per heavy atom. The van der Waals surface area contributed by atoms with Crippen molar-refractivity contribution in [1.82, 2.24) is 20.6 Å². The Morgan fingerprint density at radius 2 is 2.12 bits per heavy atom. The monoisotopic (exact) mass is 352 g/mol. The minimum absolute atomic E-state index is 0.242. The molecule has 6 N–H and O–H groups in total. The molecule has 2 aromatic heterocycles. The van der Waals surface area contributed by atoms with E-state index in [-0.39, 0.29) is 5.84 Å². The number of nitrogen functional groups attached to an aromatic ring is 1. The van der Waals surface area contributed by atoms with Crippen LogP contribution in [0, 0.1) is 5.41 Å². The lowest BCUT2D eigenvalue weighted by Crippen LogP contribution is -2.43. The summed E-state index contributed by atoms with van der Waals surface area (Å²) in [5.41, 5.74) is 8.49. The maximum absolute atomic E-state index is 7.88. The maximum atomic E-state index is 7.88. The van der Waals surface area contributed by atoms with Gasteiger partial charge in [0, 0.05) is 56.7 Å². The summed E-state index contributed by atoms with van der Waals surface area (Å²) in [5, 5.41) is 17.0. The number of hydrogen-bond donors (Lipinski definition) is 5. The van der Waals surface area contributed by atoms with E-state index in [1.54, 1.807) is 25.5 Å². The second-order valence-corrected chi connectivity index (χ2v) is 5.97. The van der Waals surface area contributed by atoms with Gasteiger partial charge in [0.25, 0.3) is 0 Å². The minimum Gasteiger partial charge on any atom is -0.399 e. The van der Waals surface area contributed by atoms with Crippen molar-refractivity contribution in [2.75, 3.05) is 49.2 Å². The number of amidine groups is 1. The van der Waals surface area contributed by atoms with Crippen molar-refractivity contribution in [3.05, 3.63) is 42.7 Å². The smallest absolute Gasteiger partial charge is 0.132 e. The Morgan fingerprint density at radius 1 is 1.31 bits per heavy atom. The molecule has 1 saturated heterocycles. The number of nitrogens with one attached hydrogen (secondary N) is 4. The van der Waals surface area contributed by atoms with Crippen LogP contribution in [-0.2, 0) is 0 Å². The van der Waals surface area contributed by atoms with E-state index in [0.29, 0.717) is 11.5 Å². The van der Waals surface area contributed by atoms with Crippen molar-refractivity contribution in [1.29, 1.82) is 5.41 Å². The summed E-state index contributed by atoms with van der Waals surface area (Å²) in [6.45, 7) is 3.71. The predicted octanol–water partition coefficient (Wildman–Crippen LogP) is 1.26. The summed E-state index contributed by atoms with van der Waals surface area (Å²) in [4.78, 5) is 11.3. The molecule has 1 aliphatic rings. The first-order chi connectivity index (χ1) is 12.7. The second kappa shape index (κ2) is 8.30. The molecule has 26 heavy (non-hydrogen) atoms. The van der Waals surface area contributed by atoms with E-state index in [4.69, 9.17) is 16.1 Å². The largest absolute Gasteiger partial charge is 0.399 e. The van der Waals surface area contributed by atoms with Crippen LogP contribution < -0.4 is 26.6 Å². The molecule has 2 aromatic rings. The fourth-order valence-electron chi connectivity index (χ4n) is 2.74. The van der Waals surface area contributed by atoms with Crippen LogP contribution >= 0.6 is 0 Å². The van der Waals surface area contributed by atoms with Gasteiger partial charge in [-0.1, -0.05) is 0 Å². The van der Waals surface area contributed by atoms with Gasteiger partial charge in [0.15, 0.2) is 0 Å². The molecule has 0 radical (unpaired) electrons. The molecule has 8 heteroatoms. The molecule has 0 aliphatic carbocycles. The number of aromatic nitrogens is 2. The number of piperazine rings is 1. The Balaban J connectivity index is 1.84. The van der Waals surface area contributed by atoms with Gasteiger partial charge in [-0.05, 0) is 30.5 Å². The number of anilines is 3. The second-order valence-electron chi connectivity index (χ2n) is 5.97. The molecule has 8 nitrogen and oxygen atoms in total. The van der Waals surface area contributed by atoms with Crippen LogP contribution in [-0.4, -0.2) is 49.0 Å². The number of pyridine rings is 2. The number of nitrogens with zero attached hydrogens (tertiary/aromatic N) is 3. The Kier molecular flexibility index (Phi) is 5.65. The van der Waals surface area contributed by atoms with E-state index in [1.807, 2.05) is 24.3 Å². The molecular weight excluding hydrogens is 328 g/mol. The summed E-state index contributed by atoms with van der Waals surface area (Å²) in [7, 11) is 1.78. The van der Waals surface area contributed by atoms with Crippen LogP contribution in [0.5, 0.6) is 0 Å². The lowest BCUT2D eigenvalue weighted by atomic mass is 10.1. The molecule has 0 aromatic carbocycles. The zero-order valence-electron chi connectivity index (χ0n) is 14.8. The molecule has 136 valence electrons. The third-order valence-corrected chi connectivity index (χ3v) is 4.01. The van der Waals surface area contributed by atoms with Crippen LogP contribution in [0.1, 0.15) is 0 Å². The Bertz CT molecular complexity index is 796. The first-order valence-corrected chi connectivity index (χ1v) is 8.55. The predicted molar refractivity (Wildman–Crippen MR) is 107 cm³/mol. The summed E-state index contributed by atoms with van der Waals surface area (Å²) < 4.78 is 0. The standard InChI is InChI=1S/C18H24N8/c1-21-4-3-16(20)25-17-10-13(2-5-23-17)15-11-14(19)12-18(24-15)26-8-6-22-7-9-26/h2-5,10-12,21-22H,6-9H2,1H3,(H2,19,24)(H2,20,23,25)/b4-3-. The summed E-state index contributed by atoms with van der Waals surface area (Å²) in [5.74, 6) is 1.71. The maximum Gasteiger partial charge on any atom is 0.132 e. The third kappa shape index (κ3) is 4.48. The highest BCUT2D eigenvalue weighted by Crippen LogP contribution is 2.25. The summed E-state index contributed by atoms with van der Waals surface area (Å²) in [6, 6.07) is 7.52. The number of rotatable bonds is 5. The van der Waals surface area contributed by atoms with Crippen LogP contribution in [0.15, 0.2) is 42.7 Å². The first kappa shape index (κ1) is 17.7. The lowest BCUT2D eigenvalue weighted by molar-refractivity contribution is 0.585. The first-order valence-electron chi connectivity index (χ1n) is 8.55. The minimum atomic E-state index is 0.242. The van der Waals surface area contributed by atoms with Gasteiger partial charge in [0.1, 0.15) is 17.5 Å². The molecule has 0 atom stereocenters. The quantitative estimate of drug-likeness (QED) is 0.406. The lowest BCUT2D eigenvalue weighted by Gasteiger charge is -2.28. The van der Waals surface area contributed by atoms with Gasteiger partial charge in [0.05, 0.1) is 5.69 Å². The van der Waals surface area contributed by atoms with E-state index in [1.165, 1.54) is 0 Å². The van der Waals surface area contributed by atoms with Crippen molar-refractivity contribution in [2.24, 2.45) is 0 Å². The zero-order chi connectivity index (χ0) is 18.4. The zero-order valence-corrected chi connectivity index (χ0v) is 14.8. The molecule has 1 fully saturated rings. The van der Waals surface area contributed by atoms with Gasteiger partial charge < -0.3 is 26.6 Å². The van der Waals surface area contributed by atoms with Gasteiger partial charge in [-0.3, -0.25) is 5.41 Å². The normalized spacial score (nSPS) is 14.4. The van der Waals surface area contributed by atoms with Gasteiger partial charge in [-0.15, -0.1) is 0 Å². The highest BCUT2D eigenvalue weighted by molar-refractivity contribution is 6.01. The van der Waals surface area contributed by atoms with Crippen LogP contribution in [0.4, 0.5) is 17.3 Å². The fraction of sp³-hybridized carbons (Fsp3) is 0.278.